The minimum atomic E-state index is -0.549. The van der Waals surface area contributed by atoms with Gasteiger partial charge in [0.25, 0.3) is 0 Å². The van der Waals surface area contributed by atoms with Gasteiger partial charge in [0.15, 0.2) is 0 Å². The van der Waals surface area contributed by atoms with Crippen LogP contribution in [-0.4, -0.2) is 66.2 Å². The van der Waals surface area contributed by atoms with E-state index in [-0.39, 0.29) is 18.2 Å². The highest BCUT2D eigenvalue weighted by molar-refractivity contribution is 5.79. The first-order valence-electron chi connectivity index (χ1n) is 17.0. The Morgan fingerprint density at radius 3 is 2.42 bits per heavy atom. The number of fused-ring (bicyclic) bond motifs is 1. The Morgan fingerprint density at radius 2 is 1.69 bits per heavy atom. The Balaban J connectivity index is 1.08. The minimum Gasteiger partial charge on any atom is -0.444 e. The van der Waals surface area contributed by atoms with Gasteiger partial charge < -0.3 is 19.4 Å². The molecule has 2 aromatic carbocycles. The number of carbonyl (C=O) groups is 2. The lowest BCUT2D eigenvalue weighted by molar-refractivity contribution is 0.00858. The molecular formula is C38H48N6O4. The van der Waals surface area contributed by atoms with E-state index in [4.69, 9.17) is 19.4 Å². The van der Waals surface area contributed by atoms with Crippen molar-refractivity contribution in [3.63, 3.8) is 0 Å². The van der Waals surface area contributed by atoms with Crippen LogP contribution < -0.4 is 0 Å². The summed E-state index contributed by atoms with van der Waals surface area (Å²) in [7, 11) is 0. The van der Waals surface area contributed by atoms with Gasteiger partial charge in [-0.25, -0.2) is 19.6 Å². The Bertz CT molecular complexity index is 1810. The summed E-state index contributed by atoms with van der Waals surface area (Å²) in [4.78, 5) is 45.8. The van der Waals surface area contributed by atoms with Crippen LogP contribution in [0.3, 0.4) is 0 Å². The highest BCUT2D eigenvalue weighted by atomic mass is 16.6. The van der Waals surface area contributed by atoms with E-state index in [1.165, 1.54) is 5.56 Å². The van der Waals surface area contributed by atoms with Crippen LogP contribution in [0, 0.1) is 0 Å². The highest BCUT2D eigenvalue weighted by Gasteiger charge is 2.45. The maximum absolute atomic E-state index is 13.0. The van der Waals surface area contributed by atoms with Crippen molar-refractivity contribution in [2.45, 2.75) is 103 Å². The number of benzene rings is 2. The monoisotopic (exact) mass is 652 g/mol. The fourth-order valence-electron chi connectivity index (χ4n) is 6.61. The van der Waals surface area contributed by atoms with Crippen LogP contribution in [0.5, 0.6) is 0 Å². The van der Waals surface area contributed by atoms with Crippen LogP contribution in [0.2, 0.25) is 0 Å². The normalized spacial score (nSPS) is 20.3. The zero-order valence-electron chi connectivity index (χ0n) is 29.2. The lowest BCUT2D eigenvalue weighted by Crippen LogP contribution is -2.46. The van der Waals surface area contributed by atoms with Gasteiger partial charge in [-0.1, -0.05) is 42.5 Å². The van der Waals surface area contributed by atoms with E-state index in [1.54, 1.807) is 9.80 Å². The third-order valence-corrected chi connectivity index (χ3v) is 8.99. The number of amides is 2. The maximum Gasteiger partial charge on any atom is 0.411 e. The first-order valence-corrected chi connectivity index (χ1v) is 17.0. The minimum absolute atomic E-state index is 0.111. The topological polar surface area (TPSA) is 116 Å². The summed E-state index contributed by atoms with van der Waals surface area (Å²) in [6.07, 6.45) is 9.84. The van der Waals surface area contributed by atoms with Gasteiger partial charge in [-0.2, -0.15) is 0 Å². The number of likely N-dealkylation sites (tertiary alicyclic amines) is 2. The third kappa shape index (κ3) is 7.27. The molecular weight excluding hydrogens is 604 g/mol. The maximum atomic E-state index is 13.0. The van der Waals surface area contributed by atoms with Crippen LogP contribution in [0.1, 0.15) is 103 Å². The van der Waals surface area contributed by atoms with Crippen LogP contribution in [0.25, 0.3) is 28.4 Å². The number of hydrogen-bond donors (Lipinski definition) is 2. The molecule has 2 aliphatic rings. The van der Waals surface area contributed by atoms with Crippen molar-refractivity contribution in [1.82, 2.24) is 29.7 Å². The Morgan fingerprint density at radius 1 is 0.958 bits per heavy atom. The average Bonchev–Trinajstić information content (AvgIpc) is 3.81. The molecule has 0 bridgehead atoms. The number of carbonyl (C=O) groups excluding carboxylic acids is 2. The van der Waals surface area contributed by atoms with E-state index in [9.17, 15) is 9.59 Å². The highest BCUT2D eigenvalue weighted by Crippen LogP contribution is 2.39. The smallest absolute Gasteiger partial charge is 0.411 e. The Kier molecular flexibility index (Phi) is 8.87. The molecule has 0 radical (unpaired) electrons. The number of rotatable bonds is 6. The zero-order valence-corrected chi connectivity index (χ0v) is 29.2. The van der Waals surface area contributed by atoms with Crippen LogP contribution in [0.15, 0.2) is 54.7 Å². The average molecular weight is 653 g/mol. The fourth-order valence-corrected chi connectivity index (χ4v) is 6.61. The number of H-pyrrole nitrogens is 2. The van der Waals surface area contributed by atoms with Crippen molar-refractivity contribution in [2.24, 2.45) is 0 Å². The van der Waals surface area contributed by atoms with E-state index in [2.05, 4.69) is 65.4 Å². The predicted molar refractivity (Wildman–Crippen MR) is 187 cm³/mol. The first-order chi connectivity index (χ1) is 22.7. The van der Waals surface area contributed by atoms with Crippen molar-refractivity contribution in [3.05, 3.63) is 77.5 Å². The molecule has 4 aromatic rings. The van der Waals surface area contributed by atoms with Gasteiger partial charge in [-0.3, -0.25) is 9.80 Å². The summed E-state index contributed by atoms with van der Waals surface area (Å²) in [6, 6.07) is 14.5. The van der Waals surface area contributed by atoms with E-state index in [1.807, 2.05) is 53.8 Å². The molecule has 2 aliphatic heterocycles. The molecule has 2 amide bonds. The van der Waals surface area contributed by atoms with Gasteiger partial charge in [0.05, 0.1) is 29.0 Å². The molecule has 254 valence electrons. The molecule has 10 heteroatoms. The number of ether oxygens (including phenoxy) is 2. The molecule has 2 fully saturated rings. The predicted octanol–water partition coefficient (Wildman–Crippen LogP) is 8.53. The standard InChI is InChI=1S/C38H48N6O4/c1-36(2,3)47-34(45)43-21-9-13-31(43)32-40-28-19-16-26(23-29(28)41-32)12-8-11-25-14-17-27(18-15-25)30-24-39-33(42-30)38(7)20-10-22-44(38)35(46)48-37(4,5)6/h8,12,14-19,23-24,31H,9-11,13,20-22H2,1-7H3,(H,39,42)(H,40,41)/b12-8+/t31-,38+/m0/s1. The summed E-state index contributed by atoms with van der Waals surface area (Å²) in [6.45, 7) is 14.7. The van der Waals surface area contributed by atoms with Crippen molar-refractivity contribution in [1.29, 1.82) is 0 Å². The Hall–Kier alpha value is -4.60. The number of aromatic amines is 2. The SMILES string of the molecule is CC(C)(C)OC(=O)N1CCC[C@H]1c1nc2ccc(/C=C/Cc3ccc(-c4cnc([C@@]5(C)CCCN5C(=O)OC(C)(C)C)[nH]4)cc3)cc2[nH]1. The van der Waals surface area contributed by atoms with Gasteiger partial charge in [0.2, 0.25) is 0 Å². The molecule has 2 saturated heterocycles. The van der Waals surface area contributed by atoms with Gasteiger partial charge >= 0.3 is 12.2 Å². The van der Waals surface area contributed by atoms with E-state index < -0.39 is 16.7 Å². The molecule has 0 unspecified atom stereocenters. The second-order valence-corrected chi connectivity index (χ2v) is 15.2. The number of nitrogens with zero attached hydrogens (tertiary/aromatic N) is 4. The van der Waals surface area contributed by atoms with Crippen molar-refractivity contribution >= 4 is 29.3 Å². The van der Waals surface area contributed by atoms with E-state index in [0.717, 1.165) is 71.6 Å². The van der Waals surface area contributed by atoms with Crippen LogP contribution in [-0.2, 0) is 21.4 Å². The van der Waals surface area contributed by atoms with Gasteiger partial charge in [0, 0.05) is 13.1 Å². The molecule has 4 heterocycles. The van der Waals surface area contributed by atoms with Gasteiger partial charge in [0.1, 0.15) is 28.4 Å². The first kappa shape index (κ1) is 33.3. The molecule has 2 N–H and O–H groups in total. The summed E-state index contributed by atoms with van der Waals surface area (Å²) in [5.41, 5.74) is 4.45. The largest absolute Gasteiger partial charge is 0.444 e. The molecule has 10 nitrogen and oxygen atoms in total. The van der Waals surface area contributed by atoms with Crippen molar-refractivity contribution in [3.8, 4) is 11.3 Å². The number of hydrogen-bond acceptors (Lipinski definition) is 6. The van der Waals surface area contributed by atoms with Gasteiger partial charge in [-0.15, -0.1) is 0 Å². The summed E-state index contributed by atoms with van der Waals surface area (Å²) < 4.78 is 11.3. The zero-order chi connectivity index (χ0) is 34.3. The molecule has 2 aromatic heterocycles. The lowest BCUT2D eigenvalue weighted by atomic mass is 9.98. The summed E-state index contributed by atoms with van der Waals surface area (Å²) in [5.74, 6) is 1.58. The summed E-state index contributed by atoms with van der Waals surface area (Å²) >= 11 is 0. The molecule has 6 rings (SSSR count). The molecule has 2 atom stereocenters. The third-order valence-electron chi connectivity index (χ3n) is 8.99. The fraction of sp³-hybridized carbons (Fsp3) is 0.474. The number of nitrogens with one attached hydrogen (secondary N) is 2. The van der Waals surface area contributed by atoms with E-state index >= 15 is 0 Å². The second-order valence-electron chi connectivity index (χ2n) is 15.2. The Labute approximate surface area is 282 Å². The number of allylic oxidation sites excluding steroid dienone is 1. The van der Waals surface area contributed by atoms with E-state index in [0.29, 0.717) is 13.1 Å². The quantitative estimate of drug-likeness (QED) is 0.216. The molecule has 0 aliphatic carbocycles. The second kappa shape index (κ2) is 12.8. The van der Waals surface area contributed by atoms with Gasteiger partial charge in [-0.05, 0) is 109 Å². The summed E-state index contributed by atoms with van der Waals surface area (Å²) in [5, 5.41) is 0. The number of imidazole rings is 2. The lowest BCUT2D eigenvalue weighted by Gasteiger charge is -2.34. The molecule has 0 spiro atoms. The molecule has 48 heavy (non-hydrogen) atoms. The van der Waals surface area contributed by atoms with Crippen molar-refractivity contribution < 1.29 is 19.1 Å². The number of aromatic nitrogens is 4. The molecule has 0 saturated carbocycles. The van der Waals surface area contributed by atoms with Crippen molar-refractivity contribution in [2.75, 3.05) is 13.1 Å². The van der Waals surface area contributed by atoms with Crippen LogP contribution in [0.4, 0.5) is 9.59 Å². The van der Waals surface area contributed by atoms with Crippen LogP contribution >= 0.6 is 0 Å².